The van der Waals surface area contributed by atoms with Crippen LogP contribution in [0.5, 0.6) is 0 Å². The number of benzene rings is 6. The van der Waals surface area contributed by atoms with E-state index in [-0.39, 0.29) is 0 Å². The Morgan fingerprint density at radius 1 is 0.359 bits per heavy atom. The maximum Gasteiger partial charge on any atom is 0.0746 e. The van der Waals surface area contributed by atoms with E-state index in [1.165, 1.54) is 44.5 Å². The highest BCUT2D eigenvalue weighted by atomic mass is 15.0. The van der Waals surface area contributed by atoms with E-state index >= 15 is 0 Å². The fourth-order valence-electron chi connectivity index (χ4n) is 6.77. The van der Waals surface area contributed by atoms with Crippen LogP contribution in [0.1, 0.15) is 22.3 Å². The van der Waals surface area contributed by atoms with Gasteiger partial charge in [0.1, 0.15) is 0 Å². The maximum absolute atomic E-state index is 3.88. The van der Waals surface area contributed by atoms with Crippen LogP contribution in [0.3, 0.4) is 0 Å². The molecule has 0 aromatic heterocycles. The average molecular weight is 499 g/mol. The van der Waals surface area contributed by atoms with E-state index in [0.717, 1.165) is 22.7 Å². The van der Waals surface area contributed by atoms with Crippen LogP contribution in [0.2, 0.25) is 0 Å². The number of para-hydroxylation sites is 2. The maximum atomic E-state index is 3.88. The van der Waals surface area contributed by atoms with Crippen molar-refractivity contribution in [1.82, 2.24) is 0 Å². The number of rotatable bonds is 4. The summed E-state index contributed by atoms with van der Waals surface area (Å²) in [5.41, 5.74) is 14.3. The summed E-state index contributed by atoms with van der Waals surface area (Å²) < 4.78 is 0. The molecule has 2 aliphatic carbocycles. The van der Waals surface area contributed by atoms with E-state index in [1.807, 2.05) is 0 Å². The minimum absolute atomic E-state index is 0.426. The summed E-state index contributed by atoms with van der Waals surface area (Å²) in [5.74, 6) is 0. The van der Waals surface area contributed by atoms with Gasteiger partial charge in [-0.15, -0.1) is 0 Å². The van der Waals surface area contributed by atoms with Crippen molar-refractivity contribution in [3.05, 3.63) is 168 Å². The lowest BCUT2D eigenvalue weighted by molar-refractivity contribution is 0.796. The Hall–Kier alpha value is -5.08. The molecule has 1 spiro atoms. The fraction of sp³-hybridized carbons (Fsp3) is 0.0270. The topological polar surface area (TPSA) is 24.1 Å². The van der Waals surface area contributed by atoms with E-state index in [0.29, 0.717) is 0 Å². The minimum Gasteiger partial charge on any atom is -0.354 e. The number of hydrogen-bond acceptors (Lipinski definition) is 2. The number of nitrogens with one attached hydrogen (secondary N) is 2. The van der Waals surface area contributed by atoms with Crippen LogP contribution >= 0.6 is 0 Å². The van der Waals surface area contributed by atoms with Gasteiger partial charge in [-0.3, -0.25) is 0 Å². The smallest absolute Gasteiger partial charge is 0.0746 e. The zero-order chi connectivity index (χ0) is 25.8. The Morgan fingerprint density at radius 2 is 0.795 bits per heavy atom. The molecular formula is C37H26N2. The second-order valence-electron chi connectivity index (χ2n) is 10.3. The second-order valence-corrected chi connectivity index (χ2v) is 10.3. The monoisotopic (exact) mass is 498 g/mol. The summed E-state index contributed by atoms with van der Waals surface area (Å²) in [5, 5.41) is 7.62. The molecule has 0 atom stereocenters. The SMILES string of the molecule is c1ccc(Nc2ccc3c(c2Nc2ccccc2)C2(c4ccccc4-c4ccccc42)c2ccccc2-3)cc1. The van der Waals surface area contributed by atoms with Crippen molar-refractivity contribution < 1.29 is 0 Å². The molecule has 0 aliphatic heterocycles. The standard InChI is InChI=1S/C37H26N2/c1-3-13-25(14-4-1)38-34-24-23-30-29-19-9-12-22-33(29)37(35(30)36(34)39-26-15-5-2-6-16-26)31-20-10-7-17-27(31)28-18-8-11-21-32(28)37/h1-24,38-39H. The summed E-state index contributed by atoms with van der Waals surface area (Å²) in [7, 11) is 0. The van der Waals surface area contributed by atoms with Crippen LogP contribution in [0.25, 0.3) is 22.3 Å². The van der Waals surface area contributed by atoms with Crippen molar-refractivity contribution >= 4 is 22.7 Å². The van der Waals surface area contributed by atoms with Crippen LogP contribution in [0.4, 0.5) is 22.7 Å². The molecule has 0 unspecified atom stereocenters. The fourth-order valence-corrected chi connectivity index (χ4v) is 6.77. The predicted molar refractivity (Wildman–Crippen MR) is 162 cm³/mol. The third kappa shape index (κ3) is 3.09. The molecule has 2 nitrogen and oxygen atoms in total. The molecule has 0 amide bonds. The van der Waals surface area contributed by atoms with E-state index in [9.17, 15) is 0 Å². The quantitative estimate of drug-likeness (QED) is 0.252. The summed E-state index contributed by atoms with van der Waals surface area (Å²) in [6.07, 6.45) is 0. The molecule has 0 saturated carbocycles. The number of hydrogen-bond donors (Lipinski definition) is 2. The molecule has 0 radical (unpaired) electrons. The van der Waals surface area contributed by atoms with Gasteiger partial charge in [0.15, 0.2) is 0 Å². The van der Waals surface area contributed by atoms with Crippen LogP contribution in [-0.2, 0) is 5.41 Å². The van der Waals surface area contributed by atoms with E-state index in [4.69, 9.17) is 0 Å². The lowest BCUT2D eigenvalue weighted by Crippen LogP contribution is -2.27. The Labute approximate surface area is 228 Å². The second kappa shape index (κ2) is 8.47. The van der Waals surface area contributed by atoms with Gasteiger partial charge < -0.3 is 10.6 Å². The van der Waals surface area contributed by atoms with Gasteiger partial charge in [-0.25, -0.2) is 0 Å². The molecule has 2 N–H and O–H groups in total. The molecule has 6 aromatic carbocycles. The van der Waals surface area contributed by atoms with Crippen LogP contribution in [0.15, 0.2) is 146 Å². The first-order valence-electron chi connectivity index (χ1n) is 13.5. The first kappa shape index (κ1) is 22.0. The van der Waals surface area contributed by atoms with Crippen molar-refractivity contribution in [3.63, 3.8) is 0 Å². The molecule has 184 valence electrons. The van der Waals surface area contributed by atoms with Gasteiger partial charge in [0.25, 0.3) is 0 Å². The molecule has 8 rings (SSSR count). The van der Waals surface area contributed by atoms with Gasteiger partial charge >= 0.3 is 0 Å². The van der Waals surface area contributed by atoms with Crippen molar-refractivity contribution in [2.45, 2.75) is 5.41 Å². The normalized spacial score (nSPS) is 13.3. The van der Waals surface area contributed by atoms with Crippen LogP contribution in [0, 0.1) is 0 Å². The van der Waals surface area contributed by atoms with E-state index < -0.39 is 5.41 Å². The Balaban J connectivity index is 1.50. The van der Waals surface area contributed by atoms with Crippen molar-refractivity contribution in [1.29, 1.82) is 0 Å². The number of anilines is 4. The van der Waals surface area contributed by atoms with Crippen molar-refractivity contribution in [2.24, 2.45) is 0 Å². The van der Waals surface area contributed by atoms with Gasteiger partial charge in [0.2, 0.25) is 0 Å². The van der Waals surface area contributed by atoms with Crippen LogP contribution in [-0.4, -0.2) is 0 Å². The predicted octanol–water partition coefficient (Wildman–Crippen LogP) is 9.52. The Kier molecular flexibility index (Phi) is 4.77. The third-order valence-electron chi connectivity index (χ3n) is 8.25. The average Bonchev–Trinajstić information content (AvgIpc) is 3.47. The van der Waals surface area contributed by atoms with Gasteiger partial charge in [0, 0.05) is 16.9 Å². The minimum atomic E-state index is -0.426. The van der Waals surface area contributed by atoms with E-state index in [1.54, 1.807) is 0 Å². The molecular weight excluding hydrogens is 472 g/mol. The van der Waals surface area contributed by atoms with Gasteiger partial charge in [-0.1, -0.05) is 115 Å². The molecule has 39 heavy (non-hydrogen) atoms. The molecule has 2 heteroatoms. The first-order chi connectivity index (χ1) is 19.4. The zero-order valence-corrected chi connectivity index (χ0v) is 21.4. The van der Waals surface area contributed by atoms with Gasteiger partial charge in [-0.2, -0.15) is 0 Å². The molecule has 0 heterocycles. The lowest BCUT2D eigenvalue weighted by Gasteiger charge is -2.33. The first-order valence-corrected chi connectivity index (χ1v) is 13.5. The highest BCUT2D eigenvalue weighted by Gasteiger charge is 2.53. The van der Waals surface area contributed by atoms with Crippen molar-refractivity contribution in [3.8, 4) is 22.3 Å². The highest BCUT2D eigenvalue weighted by Crippen LogP contribution is 2.65. The number of fused-ring (bicyclic) bond motifs is 10. The third-order valence-corrected chi connectivity index (χ3v) is 8.25. The van der Waals surface area contributed by atoms with Crippen molar-refractivity contribution in [2.75, 3.05) is 10.6 Å². The van der Waals surface area contributed by atoms with E-state index in [2.05, 4.69) is 156 Å². The van der Waals surface area contributed by atoms with Gasteiger partial charge in [-0.05, 0) is 69.3 Å². The summed E-state index contributed by atoms with van der Waals surface area (Å²) in [6.45, 7) is 0. The largest absolute Gasteiger partial charge is 0.354 e. The molecule has 6 aromatic rings. The van der Waals surface area contributed by atoms with Crippen LogP contribution < -0.4 is 10.6 Å². The highest BCUT2D eigenvalue weighted by molar-refractivity contribution is 6.01. The molecule has 2 aliphatic rings. The lowest BCUT2D eigenvalue weighted by atomic mass is 9.70. The Bertz CT molecular complexity index is 1790. The molecule has 0 saturated heterocycles. The summed E-state index contributed by atoms with van der Waals surface area (Å²) in [6, 6.07) is 52.3. The Morgan fingerprint density at radius 3 is 1.33 bits per heavy atom. The molecule has 0 fully saturated rings. The van der Waals surface area contributed by atoms with Gasteiger partial charge in [0.05, 0.1) is 16.8 Å². The molecule has 0 bridgehead atoms. The zero-order valence-electron chi connectivity index (χ0n) is 21.4. The summed E-state index contributed by atoms with van der Waals surface area (Å²) in [4.78, 5) is 0. The summed E-state index contributed by atoms with van der Waals surface area (Å²) >= 11 is 0.